The average Bonchev–Trinajstić information content (AvgIpc) is 2.72. The Hall–Kier alpha value is -0.650. The topological polar surface area (TPSA) is 68.3 Å². The minimum Gasteiger partial charge on any atom is -0.461 e. The Morgan fingerprint density at radius 3 is 2.92 bits per heavy atom. The normalized spacial score (nSPS) is 43.4. The van der Waals surface area contributed by atoms with Crippen LogP contribution >= 0.6 is 0 Å². The molecule has 0 saturated carbocycles. The summed E-state index contributed by atoms with van der Waals surface area (Å²) in [5.74, 6) is -0.489. The van der Waals surface area contributed by atoms with Gasteiger partial charge in [-0.05, 0) is 6.92 Å². The summed E-state index contributed by atoms with van der Waals surface area (Å²) in [5, 5.41) is 9.26. The number of aliphatic hydroxyl groups excluding tert-OH is 1. The quantitative estimate of drug-likeness (QED) is 0.458. The van der Waals surface area contributed by atoms with Crippen molar-refractivity contribution in [1.82, 2.24) is 0 Å². The highest BCUT2D eigenvalue weighted by Crippen LogP contribution is 2.27. The molecule has 0 radical (unpaired) electrons. The van der Waals surface area contributed by atoms with Gasteiger partial charge in [-0.15, -0.1) is 0 Å². The highest BCUT2D eigenvalue weighted by Gasteiger charge is 2.43. The predicted molar refractivity (Wildman–Crippen MR) is 41.1 cm³/mol. The summed E-state index contributed by atoms with van der Waals surface area (Å²) in [7, 11) is 0. The third-order valence-corrected chi connectivity index (χ3v) is 2.18. The second-order valence-corrected chi connectivity index (χ2v) is 3.67. The maximum Gasteiger partial charge on any atom is 0.338 e. The third-order valence-electron chi connectivity index (χ3n) is 2.18. The molecule has 2 heterocycles. The number of hydrogen-bond acceptors (Lipinski definition) is 5. The van der Waals surface area contributed by atoms with E-state index in [2.05, 4.69) is 4.74 Å². The van der Waals surface area contributed by atoms with Crippen LogP contribution in [0.25, 0.3) is 0 Å². The first-order valence-corrected chi connectivity index (χ1v) is 4.21. The van der Waals surface area contributed by atoms with Crippen LogP contribution in [0.5, 0.6) is 0 Å². The van der Waals surface area contributed by atoms with Gasteiger partial charge in [-0.25, -0.2) is 4.79 Å². The van der Waals surface area contributed by atoms with E-state index in [0.717, 1.165) is 0 Å². The molecule has 3 unspecified atom stereocenters. The highest BCUT2D eigenvalue weighted by molar-refractivity contribution is 5.77. The highest BCUT2D eigenvalue weighted by atomic mass is 16.6. The van der Waals surface area contributed by atoms with Gasteiger partial charge in [0.2, 0.25) is 0 Å². The zero-order valence-electron chi connectivity index (χ0n) is 7.36. The fourth-order valence-corrected chi connectivity index (χ4v) is 1.15. The summed E-state index contributed by atoms with van der Waals surface area (Å²) in [6, 6.07) is 0. The molecule has 0 amide bonds. The number of rotatable bonds is 3. The minimum atomic E-state index is -0.838. The first-order valence-electron chi connectivity index (χ1n) is 4.21. The number of carbonyl (C=O) groups is 1. The zero-order chi connectivity index (χ0) is 9.47. The maximum absolute atomic E-state index is 11.0. The molecule has 74 valence electrons. The van der Waals surface area contributed by atoms with Crippen molar-refractivity contribution < 1.29 is 24.1 Å². The van der Waals surface area contributed by atoms with Gasteiger partial charge < -0.3 is 19.3 Å². The molecule has 2 aliphatic rings. The molecule has 1 N–H and O–H groups in total. The molecule has 2 rings (SSSR count). The van der Waals surface area contributed by atoms with Gasteiger partial charge in [-0.1, -0.05) is 0 Å². The molecule has 2 saturated heterocycles. The van der Waals surface area contributed by atoms with Crippen LogP contribution in [-0.2, 0) is 19.0 Å². The van der Waals surface area contributed by atoms with Crippen LogP contribution in [-0.4, -0.2) is 48.7 Å². The van der Waals surface area contributed by atoms with Crippen molar-refractivity contribution in [3.8, 4) is 0 Å². The fourth-order valence-electron chi connectivity index (χ4n) is 1.15. The van der Waals surface area contributed by atoms with Crippen LogP contribution in [0.1, 0.15) is 6.92 Å². The van der Waals surface area contributed by atoms with Crippen LogP contribution in [0.4, 0.5) is 0 Å². The number of cyclic esters (lactones) is 1. The van der Waals surface area contributed by atoms with Gasteiger partial charge in [0.25, 0.3) is 0 Å². The van der Waals surface area contributed by atoms with Crippen LogP contribution in [0.2, 0.25) is 0 Å². The Labute approximate surface area is 75.6 Å². The van der Waals surface area contributed by atoms with E-state index in [1.54, 1.807) is 0 Å². The van der Waals surface area contributed by atoms with E-state index in [1.807, 2.05) is 6.92 Å². The largest absolute Gasteiger partial charge is 0.461 e. The van der Waals surface area contributed by atoms with E-state index in [0.29, 0.717) is 13.2 Å². The molecule has 0 aromatic heterocycles. The summed E-state index contributed by atoms with van der Waals surface area (Å²) in [4.78, 5) is 11.0. The lowest BCUT2D eigenvalue weighted by atomic mass is 10.2. The second kappa shape index (κ2) is 2.94. The number of carbonyl (C=O) groups excluding carboxylic acids is 1. The average molecular weight is 188 g/mol. The monoisotopic (exact) mass is 188 g/mol. The lowest BCUT2D eigenvalue weighted by Crippen LogP contribution is -2.33. The Morgan fingerprint density at radius 1 is 1.77 bits per heavy atom. The Bertz CT molecular complexity index is 223. The van der Waals surface area contributed by atoms with Crippen molar-refractivity contribution in [3.63, 3.8) is 0 Å². The number of ether oxygens (including phenoxy) is 3. The van der Waals surface area contributed by atoms with Crippen LogP contribution < -0.4 is 0 Å². The molecule has 0 spiro atoms. The molecule has 2 fully saturated rings. The van der Waals surface area contributed by atoms with E-state index in [9.17, 15) is 9.90 Å². The molecule has 0 aliphatic carbocycles. The lowest BCUT2D eigenvalue weighted by Gasteiger charge is -2.12. The third kappa shape index (κ3) is 1.82. The van der Waals surface area contributed by atoms with Crippen molar-refractivity contribution in [2.24, 2.45) is 0 Å². The standard InChI is InChI=1S/C8H12O5/c1-8(4-13-8)3-12-6-5(9)2-11-7(6)10/h5-6,9H,2-4H2,1H3. The van der Waals surface area contributed by atoms with Crippen molar-refractivity contribution in [3.05, 3.63) is 0 Å². The molecular formula is C8H12O5. The minimum absolute atomic E-state index is 0.0288. The fraction of sp³-hybridized carbons (Fsp3) is 0.875. The van der Waals surface area contributed by atoms with Crippen LogP contribution in [0.15, 0.2) is 0 Å². The van der Waals surface area contributed by atoms with E-state index in [4.69, 9.17) is 9.47 Å². The molecule has 3 atom stereocenters. The zero-order valence-corrected chi connectivity index (χ0v) is 7.36. The van der Waals surface area contributed by atoms with E-state index >= 15 is 0 Å². The SMILES string of the molecule is CC1(COC2C(=O)OCC2O)CO1. The van der Waals surface area contributed by atoms with Gasteiger partial charge in [-0.2, -0.15) is 0 Å². The summed E-state index contributed by atoms with van der Waals surface area (Å²) in [6.07, 6.45) is -1.67. The summed E-state index contributed by atoms with van der Waals surface area (Å²) < 4.78 is 14.9. The van der Waals surface area contributed by atoms with E-state index in [1.165, 1.54) is 0 Å². The number of epoxide rings is 1. The Kier molecular flexibility index (Phi) is 2.02. The van der Waals surface area contributed by atoms with Crippen LogP contribution in [0.3, 0.4) is 0 Å². The summed E-state index contributed by atoms with van der Waals surface area (Å²) in [5.41, 5.74) is -0.261. The van der Waals surface area contributed by atoms with Gasteiger partial charge in [0.15, 0.2) is 6.10 Å². The van der Waals surface area contributed by atoms with Gasteiger partial charge in [-0.3, -0.25) is 0 Å². The summed E-state index contributed by atoms with van der Waals surface area (Å²) >= 11 is 0. The predicted octanol–water partition coefficient (Wildman–Crippen LogP) is -0.922. The van der Waals surface area contributed by atoms with Gasteiger partial charge >= 0.3 is 5.97 Å². The molecular weight excluding hydrogens is 176 g/mol. The Balaban J connectivity index is 1.83. The van der Waals surface area contributed by atoms with Crippen molar-refractivity contribution in [2.45, 2.75) is 24.7 Å². The van der Waals surface area contributed by atoms with Gasteiger partial charge in [0.1, 0.15) is 18.3 Å². The second-order valence-electron chi connectivity index (χ2n) is 3.67. The molecule has 2 aliphatic heterocycles. The molecule has 0 aromatic rings. The number of hydrogen-bond donors (Lipinski definition) is 1. The van der Waals surface area contributed by atoms with Crippen molar-refractivity contribution in [2.75, 3.05) is 19.8 Å². The van der Waals surface area contributed by atoms with Crippen molar-refractivity contribution >= 4 is 5.97 Å². The molecule has 0 aromatic carbocycles. The van der Waals surface area contributed by atoms with E-state index in [-0.39, 0.29) is 12.2 Å². The van der Waals surface area contributed by atoms with E-state index < -0.39 is 18.2 Å². The Morgan fingerprint density at radius 2 is 2.46 bits per heavy atom. The first kappa shape index (κ1) is 8.93. The molecule has 5 nitrogen and oxygen atoms in total. The van der Waals surface area contributed by atoms with Gasteiger partial charge in [0.05, 0.1) is 13.2 Å². The molecule has 0 bridgehead atoms. The smallest absolute Gasteiger partial charge is 0.338 e. The number of esters is 1. The molecule has 5 heteroatoms. The molecule has 13 heavy (non-hydrogen) atoms. The van der Waals surface area contributed by atoms with Crippen molar-refractivity contribution in [1.29, 1.82) is 0 Å². The van der Waals surface area contributed by atoms with Gasteiger partial charge in [0, 0.05) is 0 Å². The maximum atomic E-state index is 11.0. The van der Waals surface area contributed by atoms with Crippen LogP contribution in [0, 0.1) is 0 Å². The first-order chi connectivity index (χ1) is 6.11. The summed E-state index contributed by atoms with van der Waals surface area (Å²) in [6.45, 7) is 2.88. The lowest BCUT2D eigenvalue weighted by molar-refractivity contribution is -0.149. The number of aliphatic hydroxyl groups is 1.